The van der Waals surface area contributed by atoms with Gasteiger partial charge < -0.3 is 43.2 Å². The van der Waals surface area contributed by atoms with Crippen molar-refractivity contribution in [3.8, 4) is 67.5 Å². The molecule has 0 aliphatic carbocycles. The third-order valence-corrected chi connectivity index (χ3v) is 20.6. The Hall–Kier alpha value is -11.0. The molecule has 0 aliphatic heterocycles. The summed E-state index contributed by atoms with van der Waals surface area (Å²) in [5, 5.41) is 4.53. The maximum Gasteiger partial charge on any atom is 0.216 e. The summed E-state index contributed by atoms with van der Waals surface area (Å²) in [5.41, 5.74) is 19.4. The van der Waals surface area contributed by atoms with Gasteiger partial charge in [-0.3, -0.25) is 0 Å². The van der Waals surface area contributed by atoms with Gasteiger partial charge in [-0.2, -0.15) is 0 Å². The molecule has 18 aromatic rings. The SMILES string of the molecule is [2H]C(C)(C)c1c[c-]c(-c2cc(C([2H])(C)C([2H])([2H])[2H])c(C)cn2)c2oc3nc(C)ccc3c12.[2H]C(C)(C)c1cc(C)nc2oc3c(-c4cc(C([2H])(C)C([2H])([2H])[2H])c(C)cn4)[c-]ccc3c12.[2H]C([2H])([2H])c1cc(-c2[c-]ccc3c2oc2nc(C)cc(C([2H])(C)C)c23)ncc1C([2H])(C)C([2H])([2H])[2H].[2H]C([2H])([2H])c1cnc(-c2[c-]cccc2)cc1C.[2H]C([2H])([2H])c1cnc(-c2[c-]cccc2)cc1C.[2H]C([2H])([2H])c1cnc(-c2[c-]cccc2)cc1C.[Ir].[Ir].[Ir]. The molecule has 0 N–H and O–H groups in total. The zero-order valence-corrected chi connectivity index (χ0v) is 80.0. The summed E-state index contributed by atoms with van der Waals surface area (Å²) in [6.45, 7) is 12.5. The standard InChI is InChI=1S/3C24H25N2O.3C13H12N.3Ir/c1-13(2)17-9-10-18(21-11-20(14(3)4)15(5)12-25-21)23-22(17)19-8-7-16(6)26-24(19)27-23;1-13(2)19-11-21(25-12-15(19)5)17-8-7-9-18-22-20(14(3)4)10-16(6)26-24(22)27-23(17)18;1-13(2)19-11-16(6)26-24-22(19)18-9-7-8-17(23(18)27-24)21-10-15(5)20(12-25-21)14(3)4;3*1-10-8-13(14-9-11(10)2)12-6-4-3-5-7-12;;;/h7-9,11-14H,1-6H3;2*7,9-14H,1-6H3;3*3-6,8-9H,1-2H3;;;/q6*-1;;;/i3D3,13D,14D;1D3,13D,14D;3D3,5D3,13D,14D;3*2D3;;;. The van der Waals surface area contributed by atoms with E-state index in [0.29, 0.717) is 117 Å². The van der Waals surface area contributed by atoms with Crippen LogP contribution in [0.15, 0.2) is 214 Å². The minimum atomic E-state index is -2.76. The minimum absolute atomic E-state index is 0. The molecule has 6 aromatic carbocycles. The number of furan rings is 3. The Balaban J connectivity index is 0.000000191. The van der Waals surface area contributed by atoms with E-state index >= 15 is 0 Å². The number of fused-ring (bicyclic) bond motifs is 9. The van der Waals surface area contributed by atoms with E-state index < -0.39 is 83.3 Å². The first kappa shape index (κ1) is 65.6. The molecule has 651 valence electrons. The van der Waals surface area contributed by atoms with Gasteiger partial charge >= 0.3 is 0 Å². The molecule has 0 amide bonds. The second-order valence-electron chi connectivity index (χ2n) is 30.8. The first-order valence-corrected chi connectivity index (χ1v) is 39.8. The second kappa shape index (κ2) is 43.0. The molecule has 0 bridgehead atoms. The van der Waals surface area contributed by atoms with Crippen LogP contribution in [0.4, 0.5) is 0 Å². The van der Waals surface area contributed by atoms with Gasteiger partial charge in [0.1, 0.15) is 0 Å². The number of aromatic nitrogens is 9. The molecule has 3 unspecified atom stereocenters. The van der Waals surface area contributed by atoms with Crippen LogP contribution in [0.2, 0.25) is 0 Å². The molecule has 0 aliphatic rings. The van der Waals surface area contributed by atoms with E-state index in [-0.39, 0.29) is 77.1 Å². The molecule has 15 heteroatoms. The number of aryl methyl sites for hydroxylation is 12. The number of rotatable bonds is 12. The zero-order valence-electron chi connectivity index (χ0n) is 99.8. The molecule has 3 radical (unpaired) electrons. The fourth-order valence-corrected chi connectivity index (χ4v) is 14.1. The number of hydrogen-bond donors (Lipinski definition) is 0. The predicted molar refractivity (Wildman–Crippen MR) is 508 cm³/mol. The first-order valence-electron chi connectivity index (χ1n) is 53.3. The van der Waals surface area contributed by atoms with Gasteiger partial charge in [0, 0.05) is 168 Å². The maximum atomic E-state index is 8.61. The Kier molecular flexibility index (Phi) is 22.4. The second-order valence-corrected chi connectivity index (χ2v) is 30.8. The number of pyridine rings is 9. The normalized spacial score (nSPS) is 16.6. The van der Waals surface area contributed by atoms with Crippen LogP contribution in [0.1, 0.15) is 256 Å². The van der Waals surface area contributed by atoms with E-state index in [1.54, 1.807) is 129 Å². The smallest absolute Gasteiger partial charge is 0.216 e. The van der Waals surface area contributed by atoms with E-state index in [2.05, 4.69) is 81.3 Å². The van der Waals surface area contributed by atoms with Gasteiger partial charge in [-0.25, -0.2) is 15.0 Å². The van der Waals surface area contributed by atoms with Gasteiger partial charge in [0.05, 0.1) is 16.7 Å². The van der Waals surface area contributed by atoms with Gasteiger partial charge in [-0.05, 0) is 226 Å². The van der Waals surface area contributed by atoms with Crippen LogP contribution in [0.25, 0.3) is 134 Å². The van der Waals surface area contributed by atoms with E-state index in [9.17, 15) is 0 Å². The van der Waals surface area contributed by atoms with E-state index in [1.165, 1.54) is 38.5 Å². The molecule has 0 saturated heterocycles. The molecule has 18 rings (SSSR count). The van der Waals surface area contributed by atoms with Crippen molar-refractivity contribution in [3.05, 3.63) is 338 Å². The zero-order chi connectivity index (χ0) is 111. The molecule has 0 saturated carbocycles. The van der Waals surface area contributed by atoms with Gasteiger partial charge in [0.2, 0.25) is 17.1 Å². The Morgan fingerprint density at radius 1 is 0.286 bits per heavy atom. The molecule has 3 atom stereocenters. The quantitative estimate of drug-likeness (QED) is 0.107. The van der Waals surface area contributed by atoms with Crippen LogP contribution in [-0.4, -0.2) is 44.9 Å². The average Bonchev–Trinajstić information content (AvgIpc) is 1.66. The molecule has 12 nitrogen and oxygen atoms in total. The summed E-state index contributed by atoms with van der Waals surface area (Å²) < 4.78 is 230. The van der Waals surface area contributed by atoms with Gasteiger partial charge in [-0.15, -0.1) is 162 Å². The maximum absolute atomic E-state index is 8.61. The largest absolute Gasteiger partial charge is 0.486 e. The van der Waals surface area contributed by atoms with Crippen molar-refractivity contribution in [1.29, 1.82) is 0 Å². The molecule has 12 heterocycles. The summed E-state index contributed by atoms with van der Waals surface area (Å²) in [6.07, 6.45) is 8.59. The number of benzene rings is 6. The van der Waals surface area contributed by atoms with Crippen molar-refractivity contribution in [3.63, 3.8) is 0 Å². The third-order valence-electron chi connectivity index (χ3n) is 20.6. The Labute approximate surface area is 823 Å². The Bertz CT molecular complexity index is 7810. The van der Waals surface area contributed by atoms with Crippen molar-refractivity contribution in [2.24, 2.45) is 0 Å². The Morgan fingerprint density at radius 2 is 0.651 bits per heavy atom. The predicted octanol–water partition coefficient (Wildman–Crippen LogP) is 29.6. The van der Waals surface area contributed by atoms with Crippen molar-refractivity contribution in [2.45, 2.75) is 201 Å². The molecule has 0 fully saturated rings. The van der Waals surface area contributed by atoms with Crippen LogP contribution in [0.3, 0.4) is 0 Å². The molecular formula is C111H111Ir3N9O3-6. The van der Waals surface area contributed by atoms with Crippen LogP contribution >= 0.6 is 0 Å². The van der Waals surface area contributed by atoms with Crippen molar-refractivity contribution >= 4 is 66.2 Å². The van der Waals surface area contributed by atoms with Gasteiger partial charge in [0.25, 0.3) is 0 Å². The summed E-state index contributed by atoms with van der Waals surface area (Å²) in [7, 11) is 0. The average molecular weight is 2220 g/mol. The van der Waals surface area contributed by atoms with E-state index in [0.717, 1.165) is 113 Å². The van der Waals surface area contributed by atoms with Crippen molar-refractivity contribution in [1.82, 2.24) is 44.9 Å². The Morgan fingerprint density at radius 3 is 1.04 bits per heavy atom. The summed E-state index contributed by atoms with van der Waals surface area (Å²) in [4.78, 5) is 39.4. The van der Waals surface area contributed by atoms with E-state index in [4.69, 9.17) is 50.3 Å². The van der Waals surface area contributed by atoms with E-state index in [1.807, 2.05) is 138 Å². The van der Waals surface area contributed by atoms with Gasteiger partial charge in [-0.1, -0.05) is 180 Å². The number of nitrogens with zero attached hydrogens (tertiary/aromatic N) is 9. The van der Waals surface area contributed by atoms with Crippen LogP contribution in [0.5, 0.6) is 0 Å². The minimum Gasteiger partial charge on any atom is -0.486 e. The molecular weight excluding hydrogens is 2080 g/mol. The summed E-state index contributed by atoms with van der Waals surface area (Å²) in [6, 6.07) is 67.5. The van der Waals surface area contributed by atoms with Crippen molar-refractivity contribution < 1.29 is 111 Å². The number of hydrogen-bond acceptors (Lipinski definition) is 12. The fraction of sp³-hybridized carbons (Fsp3) is 0.270. The topological polar surface area (TPSA) is 155 Å². The molecule has 0 spiro atoms. The molecule has 12 aromatic heterocycles. The van der Waals surface area contributed by atoms with Crippen LogP contribution in [-0.2, 0) is 60.3 Å². The van der Waals surface area contributed by atoms with Gasteiger partial charge in [0.15, 0.2) is 0 Å². The van der Waals surface area contributed by atoms with Crippen LogP contribution < -0.4 is 0 Å². The summed E-state index contributed by atoms with van der Waals surface area (Å²) in [5.74, 6) is -8.45. The molecule has 126 heavy (non-hydrogen) atoms. The van der Waals surface area contributed by atoms with Crippen LogP contribution in [0, 0.1) is 119 Å². The third kappa shape index (κ3) is 22.2. The first-order chi connectivity index (χ1) is 69.3. The summed E-state index contributed by atoms with van der Waals surface area (Å²) >= 11 is 0. The monoisotopic (exact) mass is 2220 g/mol. The fourth-order valence-electron chi connectivity index (χ4n) is 14.1. The van der Waals surface area contributed by atoms with Crippen molar-refractivity contribution in [2.75, 3.05) is 0 Å².